The molecule has 0 bridgehead atoms. The van der Waals surface area contributed by atoms with Crippen molar-refractivity contribution in [2.75, 3.05) is 33.4 Å². The van der Waals surface area contributed by atoms with E-state index in [0.29, 0.717) is 5.41 Å². The minimum atomic E-state index is 0.520. The normalized spacial score (nSPS) is 24.6. The van der Waals surface area contributed by atoms with Crippen LogP contribution in [0.25, 0.3) is 0 Å². The highest BCUT2D eigenvalue weighted by atomic mass is 16.5. The van der Waals surface area contributed by atoms with Crippen LogP contribution in [0.2, 0.25) is 0 Å². The predicted octanol–water partition coefficient (Wildman–Crippen LogP) is 1.00. The molecule has 3 nitrogen and oxygen atoms in total. The van der Waals surface area contributed by atoms with Gasteiger partial charge >= 0.3 is 0 Å². The van der Waals surface area contributed by atoms with Crippen molar-refractivity contribution in [3.8, 4) is 0 Å². The average molecular weight is 200 g/mol. The Bertz CT molecular complexity index is 159. The Kier molecular flexibility index (Phi) is 4.85. The molecular formula is C11H24N2O. The molecule has 0 aromatic carbocycles. The van der Waals surface area contributed by atoms with Gasteiger partial charge in [-0.25, -0.2) is 0 Å². The molecule has 84 valence electrons. The van der Waals surface area contributed by atoms with E-state index >= 15 is 0 Å². The lowest BCUT2D eigenvalue weighted by Crippen LogP contribution is -2.51. The van der Waals surface area contributed by atoms with Gasteiger partial charge in [-0.1, -0.05) is 13.8 Å². The summed E-state index contributed by atoms with van der Waals surface area (Å²) in [7, 11) is 1.73. The van der Waals surface area contributed by atoms with Crippen LogP contribution in [-0.2, 0) is 4.74 Å². The number of nitrogens with one attached hydrogen (secondary N) is 2. The zero-order chi connectivity index (χ0) is 10.4. The summed E-state index contributed by atoms with van der Waals surface area (Å²) in [4.78, 5) is 0. The van der Waals surface area contributed by atoms with E-state index in [1.165, 1.54) is 12.8 Å². The Labute approximate surface area is 87.6 Å². The first kappa shape index (κ1) is 12.0. The first-order valence-corrected chi connectivity index (χ1v) is 5.60. The van der Waals surface area contributed by atoms with Gasteiger partial charge in [0.05, 0.1) is 6.61 Å². The molecule has 0 aromatic heterocycles. The standard InChI is InChI=1S/C11H24N2O/c1-11(2)5-4-10(11)13-7-6-12-8-9-14-3/h10,12-13H,4-9H2,1-3H3. The molecule has 0 saturated heterocycles. The van der Waals surface area contributed by atoms with Crippen molar-refractivity contribution in [3.05, 3.63) is 0 Å². The van der Waals surface area contributed by atoms with Crippen molar-refractivity contribution in [2.24, 2.45) is 5.41 Å². The molecule has 0 heterocycles. The number of hydrogen-bond acceptors (Lipinski definition) is 3. The zero-order valence-corrected chi connectivity index (χ0v) is 9.73. The van der Waals surface area contributed by atoms with E-state index in [9.17, 15) is 0 Å². The Balaban J connectivity index is 1.89. The van der Waals surface area contributed by atoms with E-state index in [1.54, 1.807) is 7.11 Å². The van der Waals surface area contributed by atoms with Crippen LogP contribution >= 0.6 is 0 Å². The topological polar surface area (TPSA) is 33.3 Å². The van der Waals surface area contributed by atoms with E-state index in [1.807, 2.05) is 0 Å². The molecule has 1 fully saturated rings. The van der Waals surface area contributed by atoms with Gasteiger partial charge in [0.15, 0.2) is 0 Å². The van der Waals surface area contributed by atoms with Crippen molar-refractivity contribution in [2.45, 2.75) is 32.7 Å². The maximum atomic E-state index is 4.95. The second kappa shape index (κ2) is 5.69. The highest BCUT2D eigenvalue weighted by Crippen LogP contribution is 2.39. The summed E-state index contributed by atoms with van der Waals surface area (Å²) in [6.07, 6.45) is 2.70. The molecule has 0 aliphatic heterocycles. The Morgan fingerprint density at radius 1 is 1.29 bits per heavy atom. The van der Waals surface area contributed by atoms with Crippen LogP contribution < -0.4 is 10.6 Å². The van der Waals surface area contributed by atoms with Gasteiger partial charge in [0.2, 0.25) is 0 Å². The minimum absolute atomic E-state index is 0.520. The molecule has 14 heavy (non-hydrogen) atoms. The van der Waals surface area contributed by atoms with Gasteiger partial charge in [0, 0.05) is 32.8 Å². The molecule has 3 heteroatoms. The molecule has 0 amide bonds. The van der Waals surface area contributed by atoms with Crippen molar-refractivity contribution in [1.82, 2.24) is 10.6 Å². The van der Waals surface area contributed by atoms with Gasteiger partial charge in [-0.05, 0) is 18.3 Å². The van der Waals surface area contributed by atoms with Crippen LogP contribution in [0.4, 0.5) is 0 Å². The van der Waals surface area contributed by atoms with Gasteiger partial charge in [-0.2, -0.15) is 0 Å². The van der Waals surface area contributed by atoms with Crippen LogP contribution in [0.3, 0.4) is 0 Å². The van der Waals surface area contributed by atoms with Gasteiger partial charge in [-0.3, -0.25) is 0 Å². The van der Waals surface area contributed by atoms with Gasteiger partial charge in [-0.15, -0.1) is 0 Å². The Morgan fingerprint density at radius 2 is 2.07 bits per heavy atom. The van der Waals surface area contributed by atoms with Crippen molar-refractivity contribution in [3.63, 3.8) is 0 Å². The maximum Gasteiger partial charge on any atom is 0.0587 e. The lowest BCUT2D eigenvalue weighted by Gasteiger charge is -2.45. The van der Waals surface area contributed by atoms with Crippen molar-refractivity contribution in [1.29, 1.82) is 0 Å². The molecule has 1 atom stereocenters. The third-order valence-electron chi connectivity index (χ3n) is 3.20. The quantitative estimate of drug-likeness (QED) is 0.602. The highest BCUT2D eigenvalue weighted by molar-refractivity contribution is 4.93. The molecule has 1 aliphatic carbocycles. The summed E-state index contributed by atoms with van der Waals surface area (Å²) in [5.41, 5.74) is 0.520. The fourth-order valence-corrected chi connectivity index (χ4v) is 1.88. The number of ether oxygens (including phenoxy) is 1. The van der Waals surface area contributed by atoms with Crippen molar-refractivity contribution < 1.29 is 4.74 Å². The molecule has 0 aromatic rings. The summed E-state index contributed by atoms with van der Waals surface area (Å²) < 4.78 is 4.95. The largest absolute Gasteiger partial charge is 0.383 e. The highest BCUT2D eigenvalue weighted by Gasteiger charge is 2.37. The molecule has 0 spiro atoms. The summed E-state index contributed by atoms with van der Waals surface area (Å²) in [5, 5.41) is 6.91. The van der Waals surface area contributed by atoms with E-state index < -0.39 is 0 Å². The fourth-order valence-electron chi connectivity index (χ4n) is 1.88. The Hall–Kier alpha value is -0.120. The third-order valence-corrected chi connectivity index (χ3v) is 3.20. The van der Waals surface area contributed by atoms with Gasteiger partial charge in [0.1, 0.15) is 0 Å². The summed E-state index contributed by atoms with van der Waals surface area (Å²) >= 11 is 0. The van der Waals surface area contributed by atoms with E-state index in [-0.39, 0.29) is 0 Å². The average Bonchev–Trinajstić information content (AvgIpc) is 2.15. The fraction of sp³-hybridized carbons (Fsp3) is 1.00. The van der Waals surface area contributed by atoms with E-state index in [4.69, 9.17) is 4.74 Å². The summed E-state index contributed by atoms with van der Waals surface area (Å²) in [6.45, 7) is 8.54. The molecule has 1 aliphatic rings. The van der Waals surface area contributed by atoms with Gasteiger partial charge in [0.25, 0.3) is 0 Å². The summed E-state index contributed by atoms with van der Waals surface area (Å²) in [6, 6.07) is 0.728. The lowest BCUT2D eigenvalue weighted by atomic mass is 9.67. The third kappa shape index (κ3) is 3.56. The first-order valence-electron chi connectivity index (χ1n) is 5.60. The van der Waals surface area contributed by atoms with E-state index in [2.05, 4.69) is 24.5 Å². The molecule has 1 unspecified atom stereocenters. The van der Waals surface area contributed by atoms with Crippen LogP contribution in [0, 0.1) is 5.41 Å². The number of methoxy groups -OCH3 is 1. The second-order valence-electron chi connectivity index (χ2n) is 4.78. The maximum absolute atomic E-state index is 4.95. The second-order valence-corrected chi connectivity index (χ2v) is 4.78. The Morgan fingerprint density at radius 3 is 2.57 bits per heavy atom. The molecular weight excluding hydrogens is 176 g/mol. The SMILES string of the molecule is COCCNCCNC1CCC1(C)C. The van der Waals surface area contributed by atoms with Gasteiger partial charge < -0.3 is 15.4 Å². The summed E-state index contributed by atoms with van der Waals surface area (Å²) in [5.74, 6) is 0. The van der Waals surface area contributed by atoms with Crippen LogP contribution in [0.1, 0.15) is 26.7 Å². The molecule has 0 radical (unpaired) electrons. The van der Waals surface area contributed by atoms with E-state index in [0.717, 1.165) is 32.3 Å². The van der Waals surface area contributed by atoms with Crippen LogP contribution in [-0.4, -0.2) is 39.4 Å². The first-order chi connectivity index (χ1) is 6.67. The number of hydrogen-bond donors (Lipinski definition) is 2. The minimum Gasteiger partial charge on any atom is -0.383 e. The number of rotatable bonds is 7. The molecule has 2 N–H and O–H groups in total. The molecule has 1 rings (SSSR count). The smallest absolute Gasteiger partial charge is 0.0587 e. The molecule has 1 saturated carbocycles. The lowest BCUT2D eigenvalue weighted by molar-refractivity contribution is 0.110. The van der Waals surface area contributed by atoms with Crippen molar-refractivity contribution >= 4 is 0 Å². The van der Waals surface area contributed by atoms with Crippen LogP contribution in [0.15, 0.2) is 0 Å². The monoisotopic (exact) mass is 200 g/mol. The predicted molar refractivity (Wildman–Crippen MR) is 59.6 cm³/mol. The van der Waals surface area contributed by atoms with Crippen LogP contribution in [0.5, 0.6) is 0 Å². The zero-order valence-electron chi connectivity index (χ0n) is 9.73.